The Balaban J connectivity index is 2.75. The summed E-state index contributed by atoms with van der Waals surface area (Å²) < 4.78 is 4.86. The lowest BCUT2D eigenvalue weighted by atomic mass is 9.98. The molecule has 0 saturated carbocycles. The average Bonchev–Trinajstić information content (AvgIpc) is 2.17. The second kappa shape index (κ2) is 2.64. The van der Waals surface area contributed by atoms with Crippen molar-refractivity contribution < 1.29 is 14.3 Å². The minimum absolute atomic E-state index is 0.0787. The molecule has 0 bridgehead atoms. The van der Waals surface area contributed by atoms with Crippen molar-refractivity contribution in [3.63, 3.8) is 0 Å². The molecule has 0 spiro atoms. The summed E-state index contributed by atoms with van der Waals surface area (Å²) in [6.07, 6.45) is -0.502. The van der Waals surface area contributed by atoms with Gasteiger partial charge in [-0.2, -0.15) is 0 Å². The van der Waals surface area contributed by atoms with E-state index < -0.39 is 12.0 Å². The molecule has 1 aliphatic heterocycles. The molecule has 2 atom stereocenters. The van der Waals surface area contributed by atoms with Crippen LogP contribution in [0.5, 0.6) is 0 Å². The van der Waals surface area contributed by atoms with Crippen LogP contribution in [0.25, 0.3) is 0 Å². The third-order valence-corrected chi connectivity index (χ3v) is 1.91. The molecule has 3 heteroatoms. The van der Waals surface area contributed by atoms with E-state index in [4.69, 9.17) is 4.74 Å². The Bertz CT molecular complexity index is 196. The molecule has 1 aliphatic rings. The first-order valence-corrected chi connectivity index (χ1v) is 3.78. The first kappa shape index (κ1) is 8.24. The molecule has 1 saturated heterocycles. The largest absolute Gasteiger partial charge is 0.454 e. The standard InChI is InChI=1S/C8H12O3/c1-4(2)7-6(9)5(3)8(10)11-7/h4-5,7H,1-3H3/t5-,7-/m0/s1. The van der Waals surface area contributed by atoms with Crippen LogP contribution in [-0.2, 0) is 14.3 Å². The van der Waals surface area contributed by atoms with E-state index in [1.807, 2.05) is 13.8 Å². The molecule has 0 radical (unpaired) electrons. The number of hydrogen-bond donors (Lipinski definition) is 0. The molecule has 1 fully saturated rings. The fraction of sp³-hybridized carbons (Fsp3) is 0.750. The summed E-state index contributed by atoms with van der Waals surface area (Å²) in [7, 11) is 0. The van der Waals surface area contributed by atoms with Crippen LogP contribution in [-0.4, -0.2) is 17.9 Å². The Hall–Kier alpha value is -0.860. The molecule has 0 amide bonds. The van der Waals surface area contributed by atoms with Gasteiger partial charge in [0.15, 0.2) is 11.9 Å². The van der Waals surface area contributed by atoms with Gasteiger partial charge in [0, 0.05) is 0 Å². The number of ketones is 1. The van der Waals surface area contributed by atoms with Gasteiger partial charge >= 0.3 is 5.97 Å². The zero-order chi connectivity index (χ0) is 8.59. The number of hydrogen-bond acceptors (Lipinski definition) is 3. The highest BCUT2D eigenvalue weighted by Crippen LogP contribution is 2.21. The van der Waals surface area contributed by atoms with Crippen molar-refractivity contribution in [2.24, 2.45) is 11.8 Å². The lowest BCUT2D eigenvalue weighted by molar-refractivity contribution is -0.145. The Labute approximate surface area is 65.7 Å². The van der Waals surface area contributed by atoms with E-state index in [-0.39, 0.29) is 17.7 Å². The van der Waals surface area contributed by atoms with Crippen LogP contribution in [0.1, 0.15) is 20.8 Å². The highest BCUT2D eigenvalue weighted by atomic mass is 16.6. The average molecular weight is 156 g/mol. The van der Waals surface area contributed by atoms with Gasteiger partial charge < -0.3 is 4.74 Å². The second-order valence-corrected chi connectivity index (χ2v) is 3.23. The van der Waals surface area contributed by atoms with Crippen molar-refractivity contribution in [3.05, 3.63) is 0 Å². The quantitative estimate of drug-likeness (QED) is 0.416. The van der Waals surface area contributed by atoms with Crippen molar-refractivity contribution in [1.29, 1.82) is 0 Å². The zero-order valence-electron chi connectivity index (χ0n) is 6.96. The number of carbonyl (C=O) groups excluding carboxylic acids is 2. The minimum Gasteiger partial charge on any atom is -0.454 e. The van der Waals surface area contributed by atoms with Gasteiger partial charge in [-0.05, 0) is 12.8 Å². The Kier molecular flexibility index (Phi) is 1.98. The maximum absolute atomic E-state index is 11.2. The van der Waals surface area contributed by atoms with Crippen molar-refractivity contribution in [3.8, 4) is 0 Å². The van der Waals surface area contributed by atoms with E-state index >= 15 is 0 Å². The van der Waals surface area contributed by atoms with Gasteiger partial charge in [-0.1, -0.05) is 13.8 Å². The molecule has 1 heterocycles. The van der Waals surface area contributed by atoms with Crippen LogP contribution in [0.15, 0.2) is 0 Å². The fourth-order valence-corrected chi connectivity index (χ4v) is 1.11. The van der Waals surface area contributed by atoms with Gasteiger partial charge in [-0.15, -0.1) is 0 Å². The van der Waals surface area contributed by atoms with E-state index in [1.54, 1.807) is 6.92 Å². The molecule has 62 valence electrons. The monoisotopic (exact) mass is 156 g/mol. The molecule has 11 heavy (non-hydrogen) atoms. The molecule has 0 aromatic rings. The third-order valence-electron chi connectivity index (χ3n) is 1.91. The van der Waals surface area contributed by atoms with Gasteiger partial charge in [0.05, 0.1) is 0 Å². The number of Topliss-reactive ketones (excluding diaryl/α,β-unsaturated/α-hetero) is 1. The summed E-state index contributed by atoms with van der Waals surface area (Å²) in [6, 6.07) is 0. The summed E-state index contributed by atoms with van der Waals surface area (Å²) in [5.41, 5.74) is 0. The SMILES string of the molecule is CC(C)[C@@H]1OC(=O)[C@@H](C)C1=O. The maximum Gasteiger partial charge on any atom is 0.317 e. The molecule has 1 rings (SSSR count). The highest BCUT2D eigenvalue weighted by Gasteiger charge is 2.41. The van der Waals surface area contributed by atoms with Crippen molar-refractivity contribution in [2.45, 2.75) is 26.9 Å². The summed E-state index contributed by atoms with van der Waals surface area (Å²) in [6.45, 7) is 5.33. The molecule has 0 unspecified atom stereocenters. The zero-order valence-corrected chi connectivity index (χ0v) is 6.96. The first-order valence-electron chi connectivity index (χ1n) is 3.78. The number of carbonyl (C=O) groups is 2. The van der Waals surface area contributed by atoms with Crippen LogP contribution in [0, 0.1) is 11.8 Å². The van der Waals surface area contributed by atoms with E-state index in [0.29, 0.717) is 0 Å². The van der Waals surface area contributed by atoms with Crippen molar-refractivity contribution in [1.82, 2.24) is 0 Å². The third kappa shape index (κ3) is 1.27. The van der Waals surface area contributed by atoms with Crippen LogP contribution >= 0.6 is 0 Å². The second-order valence-electron chi connectivity index (χ2n) is 3.23. The predicted octanol–water partition coefficient (Wildman–Crippen LogP) is 0.773. The van der Waals surface area contributed by atoms with Crippen LogP contribution < -0.4 is 0 Å². The molecule has 0 aliphatic carbocycles. The summed E-state index contributed by atoms with van der Waals surface area (Å²) in [5, 5.41) is 0. The highest BCUT2D eigenvalue weighted by molar-refractivity contribution is 6.06. The molecule has 3 nitrogen and oxygen atoms in total. The van der Waals surface area contributed by atoms with E-state index in [9.17, 15) is 9.59 Å². The van der Waals surface area contributed by atoms with E-state index in [1.165, 1.54) is 0 Å². The lowest BCUT2D eigenvalue weighted by Crippen LogP contribution is -2.24. The number of rotatable bonds is 1. The van der Waals surface area contributed by atoms with E-state index in [2.05, 4.69) is 0 Å². The number of cyclic esters (lactones) is 1. The van der Waals surface area contributed by atoms with Crippen molar-refractivity contribution in [2.75, 3.05) is 0 Å². The Morgan fingerprint density at radius 3 is 2.09 bits per heavy atom. The Morgan fingerprint density at radius 1 is 1.36 bits per heavy atom. The number of ether oxygens (including phenoxy) is 1. The fourth-order valence-electron chi connectivity index (χ4n) is 1.11. The Morgan fingerprint density at radius 2 is 1.91 bits per heavy atom. The van der Waals surface area contributed by atoms with Crippen LogP contribution in [0.2, 0.25) is 0 Å². The predicted molar refractivity (Wildman–Crippen MR) is 38.9 cm³/mol. The van der Waals surface area contributed by atoms with E-state index in [0.717, 1.165) is 0 Å². The molecule has 0 aromatic heterocycles. The lowest BCUT2D eigenvalue weighted by Gasteiger charge is -2.10. The van der Waals surface area contributed by atoms with Gasteiger partial charge in [0.1, 0.15) is 5.92 Å². The number of esters is 1. The van der Waals surface area contributed by atoms with Crippen molar-refractivity contribution >= 4 is 11.8 Å². The molecular weight excluding hydrogens is 144 g/mol. The molecular formula is C8H12O3. The normalized spacial score (nSPS) is 31.3. The molecule has 0 aromatic carbocycles. The van der Waals surface area contributed by atoms with Crippen LogP contribution in [0.4, 0.5) is 0 Å². The van der Waals surface area contributed by atoms with Crippen LogP contribution in [0.3, 0.4) is 0 Å². The topological polar surface area (TPSA) is 43.4 Å². The van der Waals surface area contributed by atoms with Gasteiger partial charge in [0.25, 0.3) is 0 Å². The smallest absolute Gasteiger partial charge is 0.317 e. The minimum atomic E-state index is -0.553. The molecule has 0 N–H and O–H groups in total. The summed E-state index contributed by atoms with van der Waals surface area (Å²) in [5.74, 6) is -0.919. The van der Waals surface area contributed by atoms with Gasteiger partial charge in [0.2, 0.25) is 0 Å². The van der Waals surface area contributed by atoms with Gasteiger partial charge in [-0.25, -0.2) is 0 Å². The first-order chi connectivity index (χ1) is 5.04. The van der Waals surface area contributed by atoms with Gasteiger partial charge in [-0.3, -0.25) is 9.59 Å². The maximum atomic E-state index is 11.2. The summed E-state index contributed by atoms with van der Waals surface area (Å²) >= 11 is 0. The summed E-state index contributed by atoms with van der Waals surface area (Å²) in [4.78, 5) is 22.1.